The zero-order valence-corrected chi connectivity index (χ0v) is 11.3. The maximum atomic E-state index is 9.96. The van der Waals surface area contributed by atoms with Gasteiger partial charge in [-0.1, -0.05) is 26.8 Å². The van der Waals surface area contributed by atoms with Gasteiger partial charge in [0, 0.05) is 19.3 Å². The van der Waals surface area contributed by atoms with Gasteiger partial charge in [-0.05, 0) is 31.0 Å². The van der Waals surface area contributed by atoms with Gasteiger partial charge < -0.3 is 10.0 Å². The smallest absolute Gasteiger partial charge is 0.0600 e. The van der Waals surface area contributed by atoms with Crippen LogP contribution in [0.1, 0.15) is 32.9 Å². The minimum atomic E-state index is -0.256. The Hall–Kier alpha value is -0.930. The van der Waals surface area contributed by atoms with Crippen molar-refractivity contribution in [2.24, 2.45) is 5.41 Å². The van der Waals surface area contributed by atoms with Gasteiger partial charge in [-0.15, -0.1) is 0 Å². The molecular formula is C14H24N2O. The Kier molecular flexibility index (Phi) is 5.09. The normalized spacial score (nSPS) is 14.0. The molecule has 3 heteroatoms. The average molecular weight is 236 g/mol. The molecule has 0 fully saturated rings. The van der Waals surface area contributed by atoms with Crippen molar-refractivity contribution in [3.63, 3.8) is 0 Å². The van der Waals surface area contributed by atoms with Crippen molar-refractivity contribution in [3.8, 4) is 0 Å². The van der Waals surface area contributed by atoms with Crippen LogP contribution >= 0.6 is 0 Å². The van der Waals surface area contributed by atoms with Crippen molar-refractivity contribution >= 4 is 0 Å². The summed E-state index contributed by atoms with van der Waals surface area (Å²) in [6, 6.07) is 5.95. The fourth-order valence-electron chi connectivity index (χ4n) is 1.62. The van der Waals surface area contributed by atoms with Crippen molar-refractivity contribution in [1.29, 1.82) is 0 Å². The van der Waals surface area contributed by atoms with E-state index in [9.17, 15) is 5.11 Å². The van der Waals surface area contributed by atoms with Gasteiger partial charge in [0.25, 0.3) is 0 Å². The first kappa shape index (κ1) is 14.1. The second-order valence-electron chi connectivity index (χ2n) is 5.73. The molecule has 1 aromatic heterocycles. The highest BCUT2D eigenvalue weighted by Gasteiger charge is 2.21. The molecule has 0 aliphatic rings. The molecule has 1 aromatic rings. The largest absolute Gasteiger partial charge is 0.393 e. The van der Waals surface area contributed by atoms with Crippen LogP contribution in [0.4, 0.5) is 0 Å². The minimum absolute atomic E-state index is 0.0359. The Bertz CT molecular complexity index is 319. The van der Waals surface area contributed by atoms with Crippen molar-refractivity contribution in [2.75, 3.05) is 13.6 Å². The van der Waals surface area contributed by atoms with Crippen LogP contribution in [0, 0.1) is 5.41 Å². The third-order valence-corrected chi connectivity index (χ3v) is 2.94. The molecule has 3 nitrogen and oxygen atoms in total. The Morgan fingerprint density at radius 3 is 2.59 bits per heavy atom. The molecule has 96 valence electrons. The van der Waals surface area contributed by atoms with Gasteiger partial charge in [-0.2, -0.15) is 0 Å². The van der Waals surface area contributed by atoms with E-state index in [-0.39, 0.29) is 11.5 Å². The van der Waals surface area contributed by atoms with E-state index >= 15 is 0 Å². The molecule has 0 aliphatic carbocycles. The lowest BCUT2D eigenvalue weighted by atomic mass is 9.87. The topological polar surface area (TPSA) is 36.4 Å². The molecular weight excluding hydrogens is 212 g/mol. The quantitative estimate of drug-likeness (QED) is 0.852. The lowest BCUT2D eigenvalue weighted by Crippen LogP contribution is -2.31. The molecule has 0 saturated carbocycles. The van der Waals surface area contributed by atoms with Crippen LogP contribution in [0.5, 0.6) is 0 Å². The van der Waals surface area contributed by atoms with Crippen LogP contribution in [-0.2, 0) is 6.54 Å². The fraction of sp³-hybridized carbons (Fsp3) is 0.643. The summed E-state index contributed by atoms with van der Waals surface area (Å²) in [6.45, 7) is 7.91. The van der Waals surface area contributed by atoms with E-state index in [1.54, 1.807) is 0 Å². The highest BCUT2D eigenvalue weighted by Crippen LogP contribution is 2.21. The predicted octanol–water partition coefficient (Wildman–Crippen LogP) is 2.31. The molecule has 17 heavy (non-hydrogen) atoms. The fourth-order valence-corrected chi connectivity index (χ4v) is 1.62. The lowest BCUT2D eigenvalue weighted by Gasteiger charge is -2.27. The molecule has 1 atom stereocenters. The van der Waals surface area contributed by atoms with Crippen LogP contribution < -0.4 is 0 Å². The highest BCUT2D eigenvalue weighted by molar-refractivity contribution is 5.02. The van der Waals surface area contributed by atoms with Gasteiger partial charge in [0.05, 0.1) is 11.8 Å². The van der Waals surface area contributed by atoms with Crippen molar-refractivity contribution < 1.29 is 5.11 Å². The third kappa shape index (κ3) is 5.29. The van der Waals surface area contributed by atoms with Gasteiger partial charge in [0.2, 0.25) is 0 Å². The Labute approximate surface area is 104 Å². The summed E-state index contributed by atoms with van der Waals surface area (Å²) in [5.41, 5.74) is 1.03. The molecule has 1 heterocycles. The van der Waals surface area contributed by atoms with Crippen molar-refractivity contribution in [2.45, 2.75) is 39.8 Å². The van der Waals surface area contributed by atoms with Gasteiger partial charge in [0.1, 0.15) is 0 Å². The Morgan fingerprint density at radius 2 is 2.06 bits per heavy atom. The van der Waals surface area contributed by atoms with E-state index in [0.29, 0.717) is 0 Å². The maximum Gasteiger partial charge on any atom is 0.0600 e. The van der Waals surface area contributed by atoms with Crippen LogP contribution in [0.25, 0.3) is 0 Å². The van der Waals surface area contributed by atoms with Gasteiger partial charge in [0.15, 0.2) is 0 Å². The number of pyridine rings is 1. The summed E-state index contributed by atoms with van der Waals surface area (Å²) in [5, 5.41) is 9.96. The van der Waals surface area contributed by atoms with Crippen molar-refractivity contribution in [1.82, 2.24) is 9.88 Å². The summed E-state index contributed by atoms with van der Waals surface area (Å²) >= 11 is 0. The SMILES string of the molecule is CN(CCC(O)C(C)(C)C)Cc1ccccn1. The molecule has 1 N–H and O–H groups in total. The summed E-state index contributed by atoms with van der Waals surface area (Å²) < 4.78 is 0. The van der Waals surface area contributed by atoms with E-state index in [0.717, 1.165) is 25.2 Å². The van der Waals surface area contributed by atoms with E-state index in [4.69, 9.17) is 0 Å². The summed E-state index contributed by atoms with van der Waals surface area (Å²) in [7, 11) is 2.06. The number of aromatic nitrogens is 1. The van der Waals surface area contributed by atoms with Gasteiger partial charge in [-0.3, -0.25) is 4.98 Å². The van der Waals surface area contributed by atoms with Crippen molar-refractivity contribution in [3.05, 3.63) is 30.1 Å². The maximum absolute atomic E-state index is 9.96. The Morgan fingerprint density at radius 1 is 1.35 bits per heavy atom. The second kappa shape index (κ2) is 6.12. The molecule has 0 saturated heterocycles. The molecule has 0 amide bonds. The minimum Gasteiger partial charge on any atom is -0.393 e. The van der Waals surface area contributed by atoms with E-state index in [2.05, 4.69) is 37.7 Å². The molecule has 0 aromatic carbocycles. The molecule has 0 aliphatic heterocycles. The first-order valence-electron chi connectivity index (χ1n) is 6.16. The summed E-state index contributed by atoms with van der Waals surface area (Å²) in [4.78, 5) is 6.48. The lowest BCUT2D eigenvalue weighted by molar-refractivity contribution is 0.0472. The van der Waals surface area contributed by atoms with Gasteiger partial charge >= 0.3 is 0 Å². The zero-order chi connectivity index (χ0) is 12.9. The molecule has 0 bridgehead atoms. The standard InChI is InChI=1S/C14H24N2O/c1-14(2,3)13(17)8-10-16(4)11-12-7-5-6-9-15-12/h5-7,9,13,17H,8,10-11H2,1-4H3. The monoisotopic (exact) mass is 236 g/mol. The number of nitrogens with zero attached hydrogens (tertiary/aromatic N) is 2. The van der Waals surface area contributed by atoms with E-state index < -0.39 is 0 Å². The molecule has 0 radical (unpaired) electrons. The number of hydrogen-bond acceptors (Lipinski definition) is 3. The number of aliphatic hydroxyl groups excluding tert-OH is 1. The molecule has 0 spiro atoms. The molecule has 1 unspecified atom stereocenters. The molecule has 1 rings (SSSR count). The van der Waals surface area contributed by atoms with Crippen LogP contribution in [0.15, 0.2) is 24.4 Å². The van der Waals surface area contributed by atoms with Crippen LogP contribution in [0.3, 0.4) is 0 Å². The Balaban J connectivity index is 2.33. The number of hydrogen-bond donors (Lipinski definition) is 1. The first-order chi connectivity index (χ1) is 7.89. The predicted molar refractivity (Wildman–Crippen MR) is 70.6 cm³/mol. The third-order valence-electron chi connectivity index (χ3n) is 2.94. The first-order valence-corrected chi connectivity index (χ1v) is 6.16. The number of rotatable bonds is 5. The second-order valence-corrected chi connectivity index (χ2v) is 5.73. The van der Waals surface area contributed by atoms with E-state index in [1.807, 2.05) is 24.4 Å². The van der Waals surface area contributed by atoms with Crippen LogP contribution in [-0.4, -0.2) is 34.7 Å². The van der Waals surface area contributed by atoms with Crippen LogP contribution in [0.2, 0.25) is 0 Å². The van der Waals surface area contributed by atoms with Gasteiger partial charge in [-0.25, -0.2) is 0 Å². The number of aliphatic hydroxyl groups is 1. The average Bonchev–Trinajstić information content (AvgIpc) is 2.26. The summed E-state index contributed by atoms with van der Waals surface area (Å²) in [5.74, 6) is 0. The zero-order valence-electron chi connectivity index (χ0n) is 11.3. The van der Waals surface area contributed by atoms with E-state index in [1.165, 1.54) is 0 Å². The highest BCUT2D eigenvalue weighted by atomic mass is 16.3. The summed E-state index contributed by atoms with van der Waals surface area (Å²) in [6.07, 6.45) is 2.36.